The number of likely N-dealkylation sites (N-methyl/N-ethyl adjacent to an activating group) is 1. The molecule has 3 nitrogen and oxygen atoms in total. The summed E-state index contributed by atoms with van der Waals surface area (Å²) in [5.74, 6) is -1.64. The molecule has 0 saturated carbocycles. The van der Waals surface area contributed by atoms with Crippen LogP contribution in [0.2, 0.25) is 0 Å². The topological polar surface area (TPSA) is 37.4 Å². The van der Waals surface area contributed by atoms with E-state index in [1.54, 1.807) is 19.1 Å². The standard InChI is InChI=1S/C12H12FNO2/c1-7-4-3-5-9(13)11(7)8-6-10(15)14(2)12(8)16/h3-5,8H,6H2,1-2H3. The lowest BCUT2D eigenvalue weighted by atomic mass is 9.93. The van der Waals surface area contributed by atoms with Crippen LogP contribution in [0.1, 0.15) is 23.5 Å². The van der Waals surface area contributed by atoms with Crippen LogP contribution >= 0.6 is 0 Å². The number of carbonyl (C=O) groups excluding carboxylic acids is 2. The van der Waals surface area contributed by atoms with Crippen molar-refractivity contribution in [1.82, 2.24) is 4.90 Å². The first kappa shape index (κ1) is 10.8. The summed E-state index contributed by atoms with van der Waals surface area (Å²) < 4.78 is 13.6. The minimum Gasteiger partial charge on any atom is -0.285 e. The third-order valence-corrected chi connectivity index (χ3v) is 3.00. The summed E-state index contributed by atoms with van der Waals surface area (Å²) in [6.07, 6.45) is 0.0666. The number of hydrogen-bond acceptors (Lipinski definition) is 2. The van der Waals surface area contributed by atoms with Crippen LogP contribution < -0.4 is 0 Å². The lowest BCUT2D eigenvalue weighted by Crippen LogP contribution is -2.25. The van der Waals surface area contributed by atoms with Crippen molar-refractivity contribution >= 4 is 11.8 Å². The van der Waals surface area contributed by atoms with Gasteiger partial charge in [-0.15, -0.1) is 0 Å². The van der Waals surface area contributed by atoms with Crippen molar-refractivity contribution in [2.75, 3.05) is 7.05 Å². The van der Waals surface area contributed by atoms with E-state index >= 15 is 0 Å². The predicted molar refractivity (Wildman–Crippen MR) is 56.3 cm³/mol. The second-order valence-corrected chi connectivity index (χ2v) is 4.02. The van der Waals surface area contributed by atoms with Crippen molar-refractivity contribution in [2.45, 2.75) is 19.3 Å². The second kappa shape index (κ2) is 3.70. The van der Waals surface area contributed by atoms with E-state index in [1.807, 2.05) is 0 Å². The van der Waals surface area contributed by atoms with E-state index in [0.717, 1.165) is 4.90 Å². The first-order valence-electron chi connectivity index (χ1n) is 5.07. The Hall–Kier alpha value is -1.71. The average Bonchev–Trinajstić information content (AvgIpc) is 2.47. The molecule has 0 radical (unpaired) electrons. The van der Waals surface area contributed by atoms with Crippen molar-refractivity contribution in [3.05, 3.63) is 35.1 Å². The Balaban J connectivity index is 2.47. The third-order valence-electron chi connectivity index (χ3n) is 3.00. The summed E-state index contributed by atoms with van der Waals surface area (Å²) >= 11 is 0. The van der Waals surface area contributed by atoms with Crippen LogP contribution in [0.5, 0.6) is 0 Å². The van der Waals surface area contributed by atoms with E-state index in [0.29, 0.717) is 11.1 Å². The summed E-state index contributed by atoms with van der Waals surface area (Å²) in [5.41, 5.74) is 1.06. The molecule has 4 heteroatoms. The highest BCUT2D eigenvalue weighted by molar-refractivity contribution is 6.06. The van der Waals surface area contributed by atoms with E-state index in [-0.39, 0.29) is 18.2 Å². The number of halogens is 1. The normalized spacial score (nSPS) is 20.7. The number of aryl methyl sites for hydroxylation is 1. The van der Waals surface area contributed by atoms with E-state index in [1.165, 1.54) is 13.1 Å². The second-order valence-electron chi connectivity index (χ2n) is 4.02. The Labute approximate surface area is 92.9 Å². The molecule has 1 aliphatic rings. The molecular weight excluding hydrogens is 209 g/mol. The van der Waals surface area contributed by atoms with Crippen LogP contribution in [0, 0.1) is 12.7 Å². The minimum absolute atomic E-state index is 0.0666. The summed E-state index contributed by atoms with van der Waals surface area (Å²) in [7, 11) is 1.43. The van der Waals surface area contributed by atoms with Crippen LogP contribution in [-0.4, -0.2) is 23.8 Å². The molecule has 1 fully saturated rings. The van der Waals surface area contributed by atoms with E-state index in [9.17, 15) is 14.0 Å². The largest absolute Gasteiger partial charge is 0.285 e. The fourth-order valence-electron chi connectivity index (χ4n) is 2.07. The van der Waals surface area contributed by atoms with E-state index in [2.05, 4.69) is 0 Å². The molecule has 84 valence electrons. The van der Waals surface area contributed by atoms with Gasteiger partial charge in [-0.25, -0.2) is 4.39 Å². The van der Waals surface area contributed by atoms with Gasteiger partial charge in [0.25, 0.3) is 0 Å². The highest BCUT2D eigenvalue weighted by Gasteiger charge is 2.38. The van der Waals surface area contributed by atoms with Crippen LogP contribution in [0.3, 0.4) is 0 Å². The van der Waals surface area contributed by atoms with Crippen LogP contribution in [0.15, 0.2) is 18.2 Å². The molecule has 0 N–H and O–H groups in total. The van der Waals surface area contributed by atoms with Crippen LogP contribution in [-0.2, 0) is 9.59 Å². The Morgan fingerprint density at radius 3 is 2.56 bits per heavy atom. The predicted octanol–water partition coefficient (Wildman–Crippen LogP) is 1.61. The van der Waals surface area contributed by atoms with Gasteiger partial charge in [-0.2, -0.15) is 0 Å². The molecule has 1 aliphatic heterocycles. The van der Waals surface area contributed by atoms with Crippen molar-refractivity contribution < 1.29 is 14.0 Å². The molecule has 1 unspecified atom stereocenters. The first-order valence-corrected chi connectivity index (χ1v) is 5.07. The van der Waals surface area contributed by atoms with Crippen LogP contribution in [0.4, 0.5) is 4.39 Å². The number of nitrogens with zero attached hydrogens (tertiary/aromatic N) is 1. The Morgan fingerprint density at radius 2 is 2.06 bits per heavy atom. The fraction of sp³-hybridized carbons (Fsp3) is 0.333. The van der Waals surface area contributed by atoms with Crippen molar-refractivity contribution in [1.29, 1.82) is 0 Å². The van der Waals surface area contributed by atoms with Gasteiger partial charge in [-0.3, -0.25) is 14.5 Å². The van der Waals surface area contributed by atoms with E-state index in [4.69, 9.17) is 0 Å². The number of hydrogen-bond donors (Lipinski definition) is 0. The average molecular weight is 221 g/mol. The van der Waals surface area contributed by atoms with Gasteiger partial charge in [0.2, 0.25) is 11.8 Å². The SMILES string of the molecule is Cc1cccc(F)c1C1CC(=O)N(C)C1=O. The van der Waals surface area contributed by atoms with Gasteiger partial charge in [0, 0.05) is 19.0 Å². The van der Waals surface area contributed by atoms with Crippen molar-refractivity contribution in [3.63, 3.8) is 0 Å². The molecule has 0 aromatic heterocycles. The molecule has 2 rings (SSSR count). The third kappa shape index (κ3) is 1.50. The molecule has 1 heterocycles. The number of imide groups is 1. The molecule has 1 aromatic carbocycles. The van der Waals surface area contributed by atoms with Gasteiger partial charge in [0.05, 0.1) is 5.92 Å². The fourth-order valence-corrected chi connectivity index (χ4v) is 2.07. The zero-order valence-corrected chi connectivity index (χ0v) is 9.16. The summed E-state index contributed by atoms with van der Waals surface area (Å²) in [4.78, 5) is 24.2. The quantitative estimate of drug-likeness (QED) is 0.675. The Kier molecular flexibility index (Phi) is 2.50. The maximum Gasteiger partial charge on any atom is 0.237 e. The lowest BCUT2D eigenvalue weighted by Gasteiger charge is -2.12. The maximum absolute atomic E-state index is 13.6. The molecular formula is C12H12FNO2. The van der Waals surface area contributed by atoms with Gasteiger partial charge in [0.1, 0.15) is 5.82 Å². The van der Waals surface area contributed by atoms with Crippen molar-refractivity contribution in [3.8, 4) is 0 Å². The molecule has 1 atom stereocenters. The molecule has 0 aliphatic carbocycles. The van der Waals surface area contributed by atoms with Gasteiger partial charge < -0.3 is 0 Å². The van der Waals surface area contributed by atoms with Crippen LogP contribution in [0.25, 0.3) is 0 Å². The zero-order valence-electron chi connectivity index (χ0n) is 9.16. The highest BCUT2D eigenvalue weighted by atomic mass is 19.1. The Morgan fingerprint density at radius 1 is 1.38 bits per heavy atom. The maximum atomic E-state index is 13.6. The smallest absolute Gasteiger partial charge is 0.237 e. The number of likely N-dealkylation sites (tertiary alicyclic amines) is 1. The van der Waals surface area contributed by atoms with Gasteiger partial charge in [-0.1, -0.05) is 12.1 Å². The van der Waals surface area contributed by atoms with E-state index < -0.39 is 11.7 Å². The Bertz CT molecular complexity index is 450. The molecule has 1 saturated heterocycles. The van der Waals surface area contributed by atoms with Crippen molar-refractivity contribution in [2.24, 2.45) is 0 Å². The number of benzene rings is 1. The molecule has 0 bridgehead atoms. The molecule has 1 aromatic rings. The molecule has 2 amide bonds. The highest BCUT2D eigenvalue weighted by Crippen LogP contribution is 2.32. The number of carbonyl (C=O) groups is 2. The van der Waals surface area contributed by atoms with Gasteiger partial charge in [0.15, 0.2) is 0 Å². The summed E-state index contributed by atoms with van der Waals surface area (Å²) in [6.45, 7) is 1.74. The lowest BCUT2D eigenvalue weighted by molar-refractivity contribution is -0.137. The minimum atomic E-state index is -0.654. The number of rotatable bonds is 1. The monoisotopic (exact) mass is 221 g/mol. The molecule has 0 spiro atoms. The van der Waals surface area contributed by atoms with Gasteiger partial charge >= 0.3 is 0 Å². The summed E-state index contributed by atoms with van der Waals surface area (Å²) in [5, 5.41) is 0. The molecule has 16 heavy (non-hydrogen) atoms. The zero-order chi connectivity index (χ0) is 11.9. The summed E-state index contributed by atoms with van der Waals surface area (Å²) in [6, 6.07) is 4.66. The first-order chi connectivity index (χ1) is 7.52. The number of amides is 2. The van der Waals surface area contributed by atoms with Gasteiger partial charge in [-0.05, 0) is 18.6 Å².